The molecule has 5 nitrogen and oxygen atoms in total. The minimum atomic E-state index is -0.383. The first-order valence-electron chi connectivity index (χ1n) is 11.7. The first-order valence-corrected chi connectivity index (χ1v) is 11.7. The Morgan fingerprint density at radius 3 is 2.39 bits per heavy atom. The predicted molar refractivity (Wildman–Crippen MR) is 125 cm³/mol. The van der Waals surface area contributed by atoms with Gasteiger partial charge >= 0.3 is 0 Å². The second-order valence-electron chi connectivity index (χ2n) is 8.95. The third-order valence-corrected chi connectivity index (χ3v) is 6.85. The first-order chi connectivity index (χ1) is 16.1. The van der Waals surface area contributed by atoms with Crippen LogP contribution < -0.4 is 5.32 Å². The van der Waals surface area contributed by atoms with Crippen LogP contribution in [0.5, 0.6) is 0 Å². The summed E-state index contributed by atoms with van der Waals surface area (Å²) in [6, 6.07) is 16.6. The van der Waals surface area contributed by atoms with Crippen LogP contribution in [0.25, 0.3) is 11.3 Å². The third kappa shape index (κ3) is 4.56. The lowest BCUT2D eigenvalue weighted by atomic mass is 9.78. The van der Waals surface area contributed by atoms with Crippen LogP contribution >= 0.6 is 0 Å². The highest BCUT2D eigenvalue weighted by molar-refractivity contribution is 6.04. The summed E-state index contributed by atoms with van der Waals surface area (Å²) in [7, 11) is 0. The van der Waals surface area contributed by atoms with Gasteiger partial charge in [-0.2, -0.15) is 0 Å². The minimum Gasteiger partial charge on any atom is -0.451 e. The summed E-state index contributed by atoms with van der Waals surface area (Å²) < 4.78 is 19.0. The third-order valence-electron chi connectivity index (χ3n) is 6.85. The van der Waals surface area contributed by atoms with Gasteiger partial charge in [-0.1, -0.05) is 12.8 Å². The molecule has 5 rings (SSSR count). The molecule has 0 bridgehead atoms. The molecule has 2 heterocycles. The number of rotatable bonds is 4. The lowest BCUT2D eigenvalue weighted by Gasteiger charge is -2.43. The molecule has 1 aliphatic carbocycles. The van der Waals surface area contributed by atoms with E-state index in [1.165, 1.54) is 49.9 Å². The molecule has 2 atom stereocenters. The zero-order chi connectivity index (χ0) is 22.8. The van der Waals surface area contributed by atoms with E-state index in [0.717, 1.165) is 24.9 Å². The van der Waals surface area contributed by atoms with Gasteiger partial charge in [0, 0.05) is 29.4 Å². The molecule has 1 aliphatic heterocycles. The Kier molecular flexibility index (Phi) is 5.99. The molecule has 1 saturated carbocycles. The summed E-state index contributed by atoms with van der Waals surface area (Å²) in [4.78, 5) is 27.5. The fourth-order valence-corrected chi connectivity index (χ4v) is 5.15. The van der Waals surface area contributed by atoms with Gasteiger partial charge in [0.05, 0.1) is 0 Å². The number of nitrogens with zero attached hydrogens (tertiary/aromatic N) is 1. The maximum absolute atomic E-state index is 13.2. The fourth-order valence-electron chi connectivity index (χ4n) is 5.15. The second kappa shape index (κ2) is 9.22. The number of hydrogen-bond donors (Lipinski definition) is 1. The van der Waals surface area contributed by atoms with Gasteiger partial charge in [-0.05, 0) is 92.3 Å². The van der Waals surface area contributed by atoms with Crippen molar-refractivity contribution in [2.24, 2.45) is 5.92 Å². The smallest absolute Gasteiger partial charge is 0.289 e. The number of nitrogens with one attached hydrogen (secondary N) is 1. The highest BCUT2D eigenvalue weighted by Gasteiger charge is 2.36. The number of anilines is 1. The molecule has 0 radical (unpaired) electrons. The van der Waals surface area contributed by atoms with Gasteiger partial charge in [-0.15, -0.1) is 0 Å². The van der Waals surface area contributed by atoms with Gasteiger partial charge < -0.3 is 14.6 Å². The summed E-state index contributed by atoms with van der Waals surface area (Å²) in [6.45, 7) is 0.804. The highest BCUT2D eigenvalue weighted by Crippen LogP contribution is 2.36. The van der Waals surface area contributed by atoms with Crippen molar-refractivity contribution in [3.8, 4) is 11.3 Å². The average Bonchev–Trinajstić information content (AvgIpc) is 3.34. The maximum atomic E-state index is 13.2. The molecule has 170 valence electrons. The Balaban J connectivity index is 1.26. The number of likely N-dealkylation sites (tertiary alicyclic amines) is 1. The molecule has 1 aromatic heterocycles. The van der Waals surface area contributed by atoms with Crippen molar-refractivity contribution < 1.29 is 18.4 Å². The SMILES string of the molecule is O=C(Nc1ccc(-c2ccc(C(=O)N3CCC[C@@H]4CCCC[C@@H]43)o2)cc1)c1ccc(F)cc1. The Labute approximate surface area is 192 Å². The molecule has 3 aromatic rings. The Morgan fingerprint density at radius 1 is 0.879 bits per heavy atom. The van der Waals surface area contributed by atoms with E-state index in [2.05, 4.69) is 5.32 Å². The Bertz CT molecular complexity index is 1130. The van der Waals surface area contributed by atoms with Crippen LogP contribution in [0.2, 0.25) is 0 Å². The van der Waals surface area contributed by atoms with Crippen LogP contribution in [0.15, 0.2) is 65.1 Å². The molecule has 0 unspecified atom stereocenters. The average molecular weight is 447 g/mol. The van der Waals surface area contributed by atoms with Crippen LogP contribution in [0.1, 0.15) is 59.4 Å². The second-order valence-corrected chi connectivity index (χ2v) is 8.95. The van der Waals surface area contributed by atoms with E-state index in [-0.39, 0.29) is 17.6 Å². The van der Waals surface area contributed by atoms with Crippen molar-refractivity contribution in [2.75, 3.05) is 11.9 Å². The molecule has 2 amide bonds. The molecular formula is C27H27FN2O3. The number of carbonyl (C=O) groups excluding carboxylic acids is 2. The van der Waals surface area contributed by atoms with Crippen molar-refractivity contribution in [2.45, 2.75) is 44.6 Å². The maximum Gasteiger partial charge on any atom is 0.289 e. The van der Waals surface area contributed by atoms with Gasteiger partial charge in [-0.25, -0.2) is 4.39 Å². The van der Waals surface area contributed by atoms with Gasteiger partial charge in [-0.3, -0.25) is 9.59 Å². The molecule has 2 aliphatic rings. The van der Waals surface area contributed by atoms with E-state index in [0.29, 0.717) is 34.7 Å². The van der Waals surface area contributed by atoms with Crippen molar-refractivity contribution >= 4 is 17.5 Å². The summed E-state index contributed by atoms with van der Waals surface area (Å²) >= 11 is 0. The zero-order valence-corrected chi connectivity index (χ0v) is 18.4. The van der Waals surface area contributed by atoms with Crippen LogP contribution in [-0.2, 0) is 0 Å². The number of fused-ring (bicyclic) bond motifs is 1. The number of carbonyl (C=O) groups is 2. The number of hydrogen-bond acceptors (Lipinski definition) is 3. The predicted octanol–water partition coefficient (Wildman–Crippen LogP) is 6.13. The number of furan rings is 1. The first kappa shape index (κ1) is 21.4. The molecule has 2 aromatic carbocycles. The molecular weight excluding hydrogens is 419 g/mol. The lowest BCUT2D eigenvalue weighted by molar-refractivity contribution is 0.0363. The largest absolute Gasteiger partial charge is 0.451 e. The molecule has 1 saturated heterocycles. The number of halogens is 1. The van der Waals surface area contributed by atoms with Gasteiger partial charge in [0.25, 0.3) is 11.8 Å². The zero-order valence-electron chi connectivity index (χ0n) is 18.4. The normalized spacial score (nSPS) is 20.2. The van der Waals surface area contributed by atoms with Crippen molar-refractivity contribution in [3.63, 3.8) is 0 Å². The lowest BCUT2D eigenvalue weighted by Crippen LogP contribution is -2.49. The van der Waals surface area contributed by atoms with Crippen LogP contribution in [0.4, 0.5) is 10.1 Å². The van der Waals surface area contributed by atoms with E-state index in [1.807, 2.05) is 23.1 Å². The van der Waals surface area contributed by atoms with Crippen LogP contribution in [0.3, 0.4) is 0 Å². The topological polar surface area (TPSA) is 62.6 Å². The summed E-state index contributed by atoms with van der Waals surface area (Å²) in [5.41, 5.74) is 1.82. The van der Waals surface area contributed by atoms with Crippen LogP contribution in [0, 0.1) is 11.7 Å². The number of amides is 2. The molecule has 33 heavy (non-hydrogen) atoms. The Hall–Kier alpha value is -3.41. The van der Waals surface area contributed by atoms with Crippen LogP contribution in [-0.4, -0.2) is 29.3 Å². The highest BCUT2D eigenvalue weighted by atomic mass is 19.1. The number of benzene rings is 2. The molecule has 2 fully saturated rings. The molecule has 1 N–H and O–H groups in total. The van der Waals surface area contributed by atoms with E-state index in [4.69, 9.17) is 4.42 Å². The van der Waals surface area contributed by atoms with E-state index in [9.17, 15) is 14.0 Å². The van der Waals surface area contributed by atoms with Crippen molar-refractivity contribution in [1.82, 2.24) is 4.90 Å². The minimum absolute atomic E-state index is 0.0129. The quantitative estimate of drug-likeness (QED) is 0.524. The van der Waals surface area contributed by atoms with Gasteiger partial charge in [0.15, 0.2) is 5.76 Å². The molecule has 6 heteroatoms. The fraction of sp³-hybridized carbons (Fsp3) is 0.333. The standard InChI is InChI=1S/C27H27FN2O3/c28-21-11-7-20(8-12-21)26(31)29-22-13-9-19(10-14-22)24-15-16-25(33-24)27(32)30-17-3-5-18-4-1-2-6-23(18)30/h7-16,18,23H,1-6,17H2,(H,29,31)/t18-,23-/m0/s1. The van der Waals surface area contributed by atoms with E-state index in [1.54, 1.807) is 18.2 Å². The molecule has 0 spiro atoms. The summed E-state index contributed by atoms with van der Waals surface area (Å²) in [6.07, 6.45) is 7.07. The monoisotopic (exact) mass is 446 g/mol. The van der Waals surface area contributed by atoms with E-state index < -0.39 is 0 Å². The van der Waals surface area contributed by atoms with E-state index >= 15 is 0 Å². The van der Waals surface area contributed by atoms with Gasteiger partial charge in [0.2, 0.25) is 0 Å². The summed E-state index contributed by atoms with van der Waals surface area (Å²) in [5, 5.41) is 2.80. The van der Waals surface area contributed by atoms with Gasteiger partial charge in [0.1, 0.15) is 11.6 Å². The summed E-state index contributed by atoms with van der Waals surface area (Å²) in [5.74, 6) is 0.920. The van der Waals surface area contributed by atoms with Crippen molar-refractivity contribution in [1.29, 1.82) is 0 Å². The number of piperidine rings is 1. The van der Waals surface area contributed by atoms with Crippen molar-refractivity contribution in [3.05, 3.63) is 77.8 Å². The Morgan fingerprint density at radius 2 is 1.61 bits per heavy atom.